The average molecular weight is 422 g/mol. The highest BCUT2D eigenvalue weighted by Gasteiger charge is 2.16. The van der Waals surface area contributed by atoms with E-state index < -0.39 is 11.9 Å². The zero-order valence-corrected chi connectivity index (χ0v) is 17.2. The molecule has 0 atom stereocenters. The van der Waals surface area contributed by atoms with Crippen molar-refractivity contribution in [2.75, 3.05) is 14.2 Å². The molecule has 2 aromatic heterocycles. The molecule has 152 valence electrons. The SMILES string of the molecule is C=CCn1c(=NC(=O)c2cc3cccc(OC)c3o2)sc2cc(C(=O)OC)ccc21. The number of thiazole rings is 1. The van der Waals surface area contributed by atoms with Gasteiger partial charge in [-0.15, -0.1) is 6.58 Å². The van der Waals surface area contributed by atoms with Crippen LogP contribution < -0.4 is 9.54 Å². The summed E-state index contributed by atoms with van der Waals surface area (Å²) in [5.41, 5.74) is 1.77. The monoisotopic (exact) mass is 422 g/mol. The molecule has 0 aliphatic heterocycles. The van der Waals surface area contributed by atoms with Gasteiger partial charge in [-0.2, -0.15) is 4.99 Å². The van der Waals surface area contributed by atoms with Gasteiger partial charge in [0.05, 0.1) is 30.0 Å². The van der Waals surface area contributed by atoms with E-state index in [-0.39, 0.29) is 5.76 Å². The second-order valence-corrected chi connectivity index (χ2v) is 7.37. The van der Waals surface area contributed by atoms with E-state index in [4.69, 9.17) is 13.9 Å². The van der Waals surface area contributed by atoms with Crippen LogP contribution in [0.4, 0.5) is 0 Å². The largest absolute Gasteiger partial charge is 0.493 e. The second-order valence-electron chi connectivity index (χ2n) is 6.36. The van der Waals surface area contributed by atoms with Gasteiger partial charge in [-0.25, -0.2) is 4.79 Å². The van der Waals surface area contributed by atoms with Gasteiger partial charge in [0.2, 0.25) is 0 Å². The molecule has 0 aliphatic carbocycles. The molecule has 1 amide bonds. The molecule has 2 heterocycles. The van der Waals surface area contributed by atoms with Crippen molar-refractivity contribution in [1.29, 1.82) is 0 Å². The Morgan fingerprint density at radius 2 is 2.07 bits per heavy atom. The summed E-state index contributed by atoms with van der Waals surface area (Å²) in [6.45, 7) is 4.23. The van der Waals surface area contributed by atoms with Gasteiger partial charge in [0.15, 0.2) is 21.9 Å². The van der Waals surface area contributed by atoms with Crippen molar-refractivity contribution >= 4 is 44.4 Å². The molecule has 0 radical (unpaired) electrons. The Labute approximate surface area is 175 Å². The third-order valence-corrected chi connectivity index (χ3v) is 5.59. The molecule has 8 heteroatoms. The van der Waals surface area contributed by atoms with E-state index >= 15 is 0 Å². The predicted octanol–water partition coefficient (Wildman–Crippen LogP) is 4.17. The Morgan fingerprint density at radius 3 is 2.80 bits per heavy atom. The predicted molar refractivity (Wildman–Crippen MR) is 114 cm³/mol. The van der Waals surface area contributed by atoms with Crippen LogP contribution in [0, 0.1) is 0 Å². The number of ether oxygens (including phenoxy) is 2. The topological polar surface area (TPSA) is 83.0 Å². The van der Waals surface area contributed by atoms with Crippen LogP contribution in [0.15, 0.2) is 64.5 Å². The number of carbonyl (C=O) groups excluding carboxylic acids is 2. The summed E-state index contributed by atoms with van der Waals surface area (Å²) < 4.78 is 18.4. The number of hydrogen-bond donors (Lipinski definition) is 0. The van der Waals surface area contributed by atoms with E-state index in [1.54, 1.807) is 43.5 Å². The Morgan fingerprint density at radius 1 is 1.23 bits per heavy atom. The highest BCUT2D eigenvalue weighted by atomic mass is 32.1. The summed E-state index contributed by atoms with van der Waals surface area (Å²) in [5, 5.41) is 0.755. The number of hydrogen-bond acceptors (Lipinski definition) is 6. The number of methoxy groups -OCH3 is 2. The first-order valence-electron chi connectivity index (χ1n) is 9.04. The van der Waals surface area contributed by atoms with Crippen LogP contribution >= 0.6 is 11.3 Å². The lowest BCUT2D eigenvalue weighted by Crippen LogP contribution is -2.16. The highest BCUT2D eigenvalue weighted by molar-refractivity contribution is 7.16. The second kappa shape index (κ2) is 8.00. The van der Waals surface area contributed by atoms with E-state index in [1.807, 2.05) is 16.7 Å². The van der Waals surface area contributed by atoms with Crippen molar-refractivity contribution in [3.63, 3.8) is 0 Å². The minimum atomic E-state index is -0.509. The van der Waals surface area contributed by atoms with Gasteiger partial charge in [0.1, 0.15) is 0 Å². The quantitative estimate of drug-likeness (QED) is 0.356. The zero-order valence-electron chi connectivity index (χ0n) is 16.4. The molecule has 0 saturated heterocycles. The summed E-state index contributed by atoms with van der Waals surface area (Å²) in [5.74, 6) is -0.269. The fourth-order valence-corrected chi connectivity index (χ4v) is 4.23. The van der Waals surface area contributed by atoms with Crippen LogP contribution in [-0.2, 0) is 11.3 Å². The lowest BCUT2D eigenvalue weighted by atomic mass is 10.2. The first-order valence-corrected chi connectivity index (χ1v) is 9.85. The van der Waals surface area contributed by atoms with E-state index in [1.165, 1.54) is 18.4 Å². The summed E-state index contributed by atoms with van der Waals surface area (Å²) in [7, 11) is 2.88. The molecule has 0 unspecified atom stereocenters. The molecular formula is C22H18N2O5S. The van der Waals surface area contributed by atoms with Crippen molar-refractivity contribution in [2.45, 2.75) is 6.54 Å². The molecule has 0 bridgehead atoms. The van der Waals surface area contributed by atoms with Crippen molar-refractivity contribution in [3.05, 3.63) is 71.2 Å². The molecule has 0 spiro atoms. The first-order chi connectivity index (χ1) is 14.5. The number of carbonyl (C=O) groups is 2. The van der Waals surface area contributed by atoms with Crippen molar-refractivity contribution < 1.29 is 23.5 Å². The Hall–Kier alpha value is -3.65. The fraction of sp³-hybridized carbons (Fsp3) is 0.136. The summed E-state index contributed by atoms with van der Waals surface area (Å²) in [6.07, 6.45) is 1.72. The van der Waals surface area contributed by atoms with Gasteiger partial charge >= 0.3 is 11.9 Å². The molecule has 4 aromatic rings. The van der Waals surface area contributed by atoms with Gasteiger partial charge in [-0.05, 0) is 30.3 Å². The van der Waals surface area contributed by atoms with E-state index in [0.717, 1.165) is 15.6 Å². The van der Waals surface area contributed by atoms with Crippen molar-refractivity contribution in [3.8, 4) is 5.75 Å². The highest BCUT2D eigenvalue weighted by Crippen LogP contribution is 2.28. The van der Waals surface area contributed by atoms with Crippen LogP contribution in [-0.4, -0.2) is 30.7 Å². The third-order valence-electron chi connectivity index (χ3n) is 4.55. The normalized spacial score (nSPS) is 11.7. The van der Waals surface area contributed by atoms with Gasteiger partial charge in [0, 0.05) is 11.9 Å². The molecule has 4 rings (SSSR count). The number of para-hydroxylation sites is 1. The smallest absolute Gasteiger partial charge is 0.337 e. The fourth-order valence-electron chi connectivity index (χ4n) is 3.15. The number of benzene rings is 2. The Bertz CT molecular complexity index is 1360. The van der Waals surface area contributed by atoms with Gasteiger partial charge in [0.25, 0.3) is 0 Å². The molecule has 7 nitrogen and oxygen atoms in total. The number of rotatable bonds is 5. The maximum atomic E-state index is 12.8. The first kappa shape index (κ1) is 19.7. The molecule has 2 aromatic carbocycles. The number of fused-ring (bicyclic) bond motifs is 2. The lowest BCUT2D eigenvalue weighted by Gasteiger charge is -2.02. The molecule has 30 heavy (non-hydrogen) atoms. The van der Waals surface area contributed by atoms with E-state index in [2.05, 4.69) is 11.6 Å². The van der Waals surface area contributed by atoms with Crippen LogP contribution in [0.2, 0.25) is 0 Å². The van der Waals surface area contributed by atoms with Gasteiger partial charge in [-0.3, -0.25) is 4.79 Å². The van der Waals surface area contributed by atoms with Crippen LogP contribution in [0.5, 0.6) is 5.75 Å². The molecule has 0 N–H and O–H groups in total. The van der Waals surface area contributed by atoms with Crippen LogP contribution in [0.1, 0.15) is 20.9 Å². The summed E-state index contributed by atoms with van der Waals surface area (Å²) in [4.78, 5) is 29.4. The standard InChI is InChI=1S/C22H18N2O5S/c1-4-10-24-15-9-8-14(21(26)28-3)12-18(15)30-22(24)23-20(25)17-11-13-6-5-7-16(27-2)19(13)29-17/h4-9,11-12H,1,10H2,2-3H3. The maximum absolute atomic E-state index is 12.8. The number of furan rings is 1. The van der Waals surface area contributed by atoms with E-state index in [9.17, 15) is 9.59 Å². The molecule has 0 fully saturated rings. The van der Waals surface area contributed by atoms with E-state index in [0.29, 0.717) is 28.2 Å². The van der Waals surface area contributed by atoms with Crippen LogP contribution in [0.3, 0.4) is 0 Å². The lowest BCUT2D eigenvalue weighted by molar-refractivity contribution is 0.0601. The number of aromatic nitrogens is 1. The Balaban J connectivity index is 1.82. The number of nitrogens with zero attached hydrogens (tertiary/aromatic N) is 2. The minimum Gasteiger partial charge on any atom is -0.493 e. The molecule has 0 aliphatic rings. The van der Waals surface area contributed by atoms with Crippen molar-refractivity contribution in [2.24, 2.45) is 4.99 Å². The van der Waals surface area contributed by atoms with Gasteiger partial charge in [-0.1, -0.05) is 29.5 Å². The number of allylic oxidation sites excluding steroid dienone is 1. The number of amides is 1. The third kappa shape index (κ3) is 3.42. The average Bonchev–Trinajstić information content (AvgIpc) is 3.34. The molecular weight excluding hydrogens is 404 g/mol. The number of esters is 1. The molecule has 0 saturated carbocycles. The maximum Gasteiger partial charge on any atom is 0.337 e. The summed E-state index contributed by atoms with van der Waals surface area (Å²) >= 11 is 1.30. The van der Waals surface area contributed by atoms with Crippen LogP contribution in [0.25, 0.3) is 21.2 Å². The van der Waals surface area contributed by atoms with Crippen molar-refractivity contribution in [1.82, 2.24) is 4.57 Å². The minimum absolute atomic E-state index is 0.118. The zero-order chi connectivity index (χ0) is 21.3. The summed E-state index contributed by atoms with van der Waals surface area (Å²) in [6, 6.07) is 12.3. The van der Waals surface area contributed by atoms with Gasteiger partial charge < -0.3 is 18.5 Å². The Kier molecular flexibility index (Phi) is 5.24.